The van der Waals surface area contributed by atoms with E-state index in [4.69, 9.17) is 4.74 Å². The molecule has 1 aliphatic carbocycles. The molecule has 1 aliphatic heterocycles. The molecule has 0 aromatic heterocycles. The summed E-state index contributed by atoms with van der Waals surface area (Å²) in [4.78, 5) is 63.1. The summed E-state index contributed by atoms with van der Waals surface area (Å²) < 4.78 is 60.3. The molecule has 1 unspecified atom stereocenters. The SMILES string of the molecule is CC(=O)NC(=O)C(C)(C)Nc1ccc2c(c1)C(CC(=O)N(Cc1ccc(F)cc1)[C@@H](C)C(F)(F)F)C[C@@]21OC(=O)NC1=O. The molecular formula is C29H30F4N4O6. The van der Waals surface area contributed by atoms with Gasteiger partial charge in [-0.05, 0) is 62.1 Å². The third-order valence-corrected chi connectivity index (χ3v) is 7.57. The summed E-state index contributed by atoms with van der Waals surface area (Å²) in [5, 5.41) is 7.24. The predicted octanol–water partition coefficient (Wildman–Crippen LogP) is 4.00. The van der Waals surface area contributed by atoms with Gasteiger partial charge in [0.15, 0.2) is 0 Å². The smallest absolute Gasteiger partial charge is 0.415 e. The normalized spacial score (nSPS) is 20.2. The summed E-state index contributed by atoms with van der Waals surface area (Å²) in [6, 6.07) is 7.04. The van der Waals surface area contributed by atoms with Crippen LogP contribution in [0.1, 0.15) is 63.1 Å². The second-order valence-electron chi connectivity index (χ2n) is 11.2. The van der Waals surface area contributed by atoms with Gasteiger partial charge >= 0.3 is 12.3 Å². The largest absolute Gasteiger partial charge is 0.427 e. The lowest BCUT2D eigenvalue weighted by Crippen LogP contribution is -2.49. The number of ether oxygens (including phenoxy) is 1. The van der Waals surface area contributed by atoms with Crippen LogP contribution in [0, 0.1) is 5.82 Å². The van der Waals surface area contributed by atoms with Crippen molar-refractivity contribution in [3.05, 3.63) is 65.0 Å². The number of nitrogens with one attached hydrogen (secondary N) is 3. The first-order valence-corrected chi connectivity index (χ1v) is 13.3. The number of hydrogen-bond acceptors (Lipinski definition) is 7. The van der Waals surface area contributed by atoms with Crippen LogP contribution in [-0.2, 0) is 36.1 Å². The average Bonchev–Trinajstić information content (AvgIpc) is 3.35. The molecule has 1 fully saturated rings. The minimum absolute atomic E-state index is 0.214. The second-order valence-corrected chi connectivity index (χ2v) is 11.2. The van der Waals surface area contributed by atoms with Crippen LogP contribution in [0.3, 0.4) is 0 Å². The summed E-state index contributed by atoms with van der Waals surface area (Å²) in [7, 11) is 0. The molecule has 230 valence electrons. The molecule has 1 heterocycles. The second kappa shape index (κ2) is 11.3. The van der Waals surface area contributed by atoms with Gasteiger partial charge in [-0.2, -0.15) is 13.2 Å². The number of alkyl halides is 3. The first-order valence-electron chi connectivity index (χ1n) is 13.3. The molecule has 2 aromatic carbocycles. The molecule has 10 nitrogen and oxygen atoms in total. The Balaban J connectivity index is 1.69. The van der Waals surface area contributed by atoms with Crippen molar-refractivity contribution in [1.82, 2.24) is 15.5 Å². The van der Waals surface area contributed by atoms with E-state index in [-0.39, 0.29) is 17.5 Å². The fourth-order valence-electron chi connectivity index (χ4n) is 5.30. The van der Waals surface area contributed by atoms with Gasteiger partial charge in [-0.3, -0.25) is 29.8 Å². The number of fused-ring (bicyclic) bond motifs is 2. The van der Waals surface area contributed by atoms with Crippen LogP contribution in [0.25, 0.3) is 0 Å². The number of benzene rings is 2. The summed E-state index contributed by atoms with van der Waals surface area (Å²) >= 11 is 0. The maximum atomic E-state index is 13.8. The van der Waals surface area contributed by atoms with E-state index in [1.165, 1.54) is 51.1 Å². The number of anilines is 1. The van der Waals surface area contributed by atoms with E-state index in [2.05, 4.69) is 16.0 Å². The zero-order valence-electron chi connectivity index (χ0n) is 23.7. The molecule has 43 heavy (non-hydrogen) atoms. The van der Waals surface area contributed by atoms with Crippen LogP contribution < -0.4 is 16.0 Å². The van der Waals surface area contributed by atoms with Crippen LogP contribution in [0.4, 0.5) is 28.0 Å². The lowest BCUT2D eigenvalue weighted by Gasteiger charge is -2.32. The topological polar surface area (TPSA) is 134 Å². The summed E-state index contributed by atoms with van der Waals surface area (Å²) in [5.74, 6) is -4.33. The van der Waals surface area contributed by atoms with Crippen LogP contribution in [0.5, 0.6) is 0 Å². The Morgan fingerprint density at radius 2 is 1.77 bits per heavy atom. The van der Waals surface area contributed by atoms with Crippen molar-refractivity contribution in [3.8, 4) is 0 Å². The van der Waals surface area contributed by atoms with Gasteiger partial charge in [-0.25, -0.2) is 9.18 Å². The standard InChI is InChI=1S/C29H30F4N4O6/c1-15(29(31,32)33)37(14-17-5-7-19(30)8-6-17)23(39)11-18-13-28(25(41)35-26(42)43-28)22-10-9-20(12-21(18)22)36-27(3,4)24(40)34-16(2)38/h5-10,12,15,18,36H,11,13-14H2,1-4H3,(H,34,38,40)(H,35,41,42)/t15-,18?,28+/m0/s1. The molecule has 14 heteroatoms. The Hall–Kier alpha value is -4.49. The number of halogens is 4. The van der Waals surface area contributed by atoms with Crippen LogP contribution >= 0.6 is 0 Å². The molecule has 2 aromatic rings. The minimum Gasteiger partial charge on any atom is -0.427 e. The maximum absolute atomic E-state index is 13.8. The first kappa shape index (κ1) is 31.4. The van der Waals surface area contributed by atoms with E-state index in [1.807, 2.05) is 0 Å². The Labute approximate surface area is 244 Å². The van der Waals surface area contributed by atoms with E-state index in [9.17, 15) is 41.5 Å². The van der Waals surface area contributed by atoms with Crippen molar-refractivity contribution in [1.29, 1.82) is 0 Å². The van der Waals surface area contributed by atoms with Gasteiger partial charge in [0.1, 0.15) is 17.4 Å². The van der Waals surface area contributed by atoms with Crippen molar-refractivity contribution in [2.45, 2.75) is 76.4 Å². The van der Waals surface area contributed by atoms with Gasteiger partial charge in [0.25, 0.3) is 11.8 Å². The molecule has 0 radical (unpaired) electrons. The quantitative estimate of drug-likeness (QED) is 0.387. The van der Waals surface area contributed by atoms with Crippen LogP contribution in [0.15, 0.2) is 42.5 Å². The fourth-order valence-corrected chi connectivity index (χ4v) is 5.30. The maximum Gasteiger partial charge on any atom is 0.415 e. The number of alkyl carbamates (subject to hydrolysis) is 1. The van der Waals surface area contributed by atoms with Crippen LogP contribution in [0.2, 0.25) is 0 Å². The number of nitrogens with zero attached hydrogens (tertiary/aromatic N) is 1. The number of imide groups is 2. The van der Waals surface area contributed by atoms with Gasteiger partial charge in [-0.15, -0.1) is 0 Å². The minimum atomic E-state index is -4.77. The molecule has 0 saturated carbocycles. The highest BCUT2D eigenvalue weighted by Crippen LogP contribution is 2.51. The summed E-state index contributed by atoms with van der Waals surface area (Å²) in [5.41, 5.74) is -1.88. The van der Waals surface area contributed by atoms with E-state index in [1.54, 1.807) is 0 Å². The zero-order chi connectivity index (χ0) is 31.9. The number of amides is 5. The molecule has 1 saturated heterocycles. The molecule has 3 atom stereocenters. The summed E-state index contributed by atoms with van der Waals surface area (Å²) in [6.45, 7) is 4.59. The Kier molecular flexibility index (Phi) is 8.27. The Bertz CT molecular complexity index is 1480. The Morgan fingerprint density at radius 3 is 2.33 bits per heavy atom. The molecule has 0 bridgehead atoms. The van der Waals surface area contributed by atoms with Crippen molar-refractivity contribution in [3.63, 3.8) is 0 Å². The molecule has 4 rings (SSSR count). The third-order valence-electron chi connectivity index (χ3n) is 7.57. The van der Waals surface area contributed by atoms with Gasteiger partial charge in [0.05, 0.1) is 0 Å². The number of carbonyl (C=O) groups excluding carboxylic acids is 5. The van der Waals surface area contributed by atoms with E-state index >= 15 is 0 Å². The van der Waals surface area contributed by atoms with E-state index < -0.39 is 77.8 Å². The van der Waals surface area contributed by atoms with Gasteiger partial charge in [0, 0.05) is 37.6 Å². The number of rotatable bonds is 8. The highest BCUT2D eigenvalue weighted by Gasteiger charge is 2.57. The van der Waals surface area contributed by atoms with Crippen molar-refractivity contribution in [2.24, 2.45) is 0 Å². The predicted molar refractivity (Wildman–Crippen MR) is 144 cm³/mol. The average molecular weight is 607 g/mol. The first-order chi connectivity index (χ1) is 19.9. The highest BCUT2D eigenvalue weighted by molar-refractivity contribution is 6.04. The van der Waals surface area contributed by atoms with Gasteiger partial charge < -0.3 is 15.0 Å². The van der Waals surface area contributed by atoms with Gasteiger partial charge in [-0.1, -0.05) is 18.2 Å². The van der Waals surface area contributed by atoms with E-state index in [0.29, 0.717) is 16.2 Å². The van der Waals surface area contributed by atoms with E-state index in [0.717, 1.165) is 19.1 Å². The lowest BCUT2D eigenvalue weighted by molar-refractivity contribution is -0.187. The molecule has 3 N–H and O–H groups in total. The highest BCUT2D eigenvalue weighted by atomic mass is 19.4. The van der Waals surface area contributed by atoms with Gasteiger partial charge in [0.2, 0.25) is 17.4 Å². The fraction of sp³-hybridized carbons (Fsp3) is 0.414. The zero-order valence-corrected chi connectivity index (χ0v) is 23.7. The lowest BCUT2D eigenvalue weighted by atomic mass is 9.94. The van der Waals surface area contributed by atoms with Crippen molar-refractivity contribution >= 4 is 35.4 Å². The summed E-state index contributed by atoms with van der Waals surface area (Å²) in [6.07, 6.45) is -6.47. The molecule has 2 aliphatic rings. The molecular weight excluding hydrogens is 576 g/mol. The Morgan fingerprint density at radius 1 is 1.12 bits per heavy atom. The molecule has 1 spiro atoms. The third kappa shape index (κ3) is 6.47. The van der Waals surface area contributed by atoms with Crippen molar-refractivity contribution < 1.29 is 46.3 Å². The number of hydrogen-bond donors (Lipinski definition) is 3. The number of carbonyl (C=O) groups is 5. The monoisotopic (exact) mass is 606 g/mol. The van der Waals surface area contributed by atoms with Crippen LogP contribution in [-0.4, -0.2) is 52.4 Å². The van der Waals surface area contributed by atoms with Crippen molar-refractivity contribution in [2.75, 3.05) is 5.32 Å². The molecule has 5 amide bonds.